The smallest absolute Gasteiger partial charge is 0.207 e. The van der Waals surface area contributed by atoms with Crippen LogP contribution in [0.1, 0.15) is 5.56 Å². The number of fused-ring (bicyclic) bond motifs is 1. The average Bonchev–Trinajstić information content (AvgIpc) is 2.82. The van der Waals surface area contributed by atoms with Crippen molar-refractivity contribution in [3.63, 3.8) is 0 Å². The second kappa shape index (κ2) is 6.84. The topological polar surface area (TPSA) is 63.5 Å². The zero-order valence-corrected chi connectivity index (χ0v) is 13.1. The molecule has 0 unspecified atom stereocenters. The Bertz CT molecular complexity index is 746. The van der Waals surface area contributed by atoms with E-state index in [-0.39, 0.29) is 0 Å². The van der Waals surface area contributed by atoms with E-state index < -0.39 is 0 Å². The van der Waals surface area contributed by atoms with Gasteiger partial charge in [-0.1, -0.05) is 36.4 Å². The molecule has 2 aromatic carbocycles. The van der Waals surface area contributed by atoms with Gasteiger partial charge in [0.05, 0.1) is 0 Å². The number of guanidine groups is 1. The van der Waals surface area contributed by atoms with Crippen molar-refractivity contribution in [1.82, 2.24) is 10.2 Å². The Morgan fingerprint density at radius 1 is 1.22 bits per heavy atom. The Labute approximate surface area is 136 Å². The fourth-order valence-electron chi connectivity index (χ4n) is 2.82. The van der Waals surface area contributed by atoms with Crippen LogP contribution in [0, 0.1) is 11.5 Å². The summed E-state index contributed by atoms with van der Waals surface area (Å²) in [5.41, 5.74) is 4.73. The van der Waals surface area contributed by atoms with E-state index in [0.29, 0.717) is 12.5 Å². The highest BCUT2D eigenvalue weighted by atomic mass is 15.3. The van der Waals surface area contributed by atoms with Gasteiger partial charge in [0.2, 0.25) is 5.96 Å². The highest BCUT2D eigenvalue weighted by molar-refractivity contribution is 5.82. The van der Waals surface area contributed by atoms with Gasteiger partial charge in [0.15, 0.2) is 6.19 Å². The van der Waals surface area contributed by atoms with E-state index in [1.807, 2.05) is 24.4 Å². The average molecular weight is 305 g/mol. The van der Waals surface area contributed by atoms with Gasteiger partial charge in [0.25, 0.3) is 0 Å². The predicted octanol–water partition coefficient (Wildman–Crippen LogP) is 2.64. The Balaban J connectivity index is 1.92. The molecule has 5 heteroatoms. The van der Waals surface area contributed by atoms with E-state index in [9.17, 15) is 0 Å². The Hall–Kier alpha value is -3.00. The molecule has 0 bridgehead atoms. The fourth-order valence-corrected chi connectivity index (χ4v) is 2.82. The molecule has 2 N–H and O–H groups in total. The SMILES string of the molecule is CN=C(NC#N)N1CCNc2ccc(-c3ccccc3)cc2C1. The van der Waals surface area contributed by atoms with Crippen molar-refractivity contribution in [2.75, 3.05) is 25.5 Å². The van der Waals surface area contributed by atoms with Crippen LogP contribution in [0.5, 0.6) is 0 Å². The number of benzene rings is 2. The molecule has 5 nitrogen and oxygen atoms in total. The Morgan fingerprint density at radius 2 is 2.04 bits per heavy atom. The minimum absolute atomic E-state index is 0.604. The van der Waals surface area contributed by atoms with E-state index in [2.05, 4.69) is 50.9 Å². The first-order valence-corrected chi connectivity index (χ1v) is 7.61. The molecule has 0 spiro atoms. The lowest BCUT2D eigenvalue weighted by atomic mass is 10.0. The lowest BCUT2D eigenvalue weighted by Crippen LogP contribution is -2.40. The van der Waals surface area contributed by atoms with E-state index in [1.54, 1.807) is 7.05 Å². The molecule has 1 heterocycles. The van der Waals surface area contributed by atoms with Crippen LogP contribution in [0.25, 0.3) is 11.1 Å². The van der Waals surface area contributed by atoms with Gasteiger partial charge < -0.3 is 10.2 Å². The maximum absolute atomic E-state index is 8.87. The van der Waals surface area contributed by atoms with E-state index in [1.165, 1.54) is 16.7 Å². The third-order valence-corrected chi connectivity index (χ3v) is 3.95. The summed E-state index contributed by atoms with van der Waals surface area (Å²) in [7, 11) is 1.69. The summed E-state index contributed by atoms with van der Waals surface area (Å²) >= 11 is 0. The maximum atomic E-state index is 8.87. The lowest BCUT2D eigenvalue weighted by molar-refractivity contribution is 0.424. The molecule has 0 atom stereocenters. The first-order chi connectivity index (χ1) is 11.3. The van der Waals surface area contributed by atoms with Gasteiger partial charge in [0, 0.05) is 32.4 Å². The highest BCUT2D eigenvalue weighted by Gasteiger charge is 2.17. The van der Waals surface area contributed by atoms with E-state index >= 15 is 0 Å². The van der Waals surface area contributed by atoms with Crippen molar-refractivity contribution in [2.24, 2.45) is 4.99 Å². The number of nitrogens with zero attached hydrogens (tertiary/aromatic N) is 3. The van der Waals surface area contributed by atoms with Crippen LogP contribution in [0.3, 0.4) is 0 Å². The molecule has 1 aliphatic rings. The molecule has 23 heavy (non-hydrogen) atoms. The van der Waals surface area contributed by atoms with Gasteiger partial charge in [-0.15, -0.1) is 0 Å². The second-order valence-electron chi connectivity index (χ2n) is 5.37. The van der Waals surface area contributed by atoms with Gasteiger partial charge >= 0.3 is 0 Å². The van der Waals surface area contributed by atoms with Crippen LogP contribution >= 0.6 is 0 Å². The van der Waals surface area contributed by atoms with E-state index in [4.69, 9.17) is 5.26 Å². The monoisotopic (exact) mass is 305 g/mol. The molecule has 1 aliphatic heterocycles. The quantitative estimate of drug-likeness (QED) is 0.368. The molecule has 0 amide bonds. The zero-order valence-electron chi connectivity index (χ0n) is 13.1. The summed E-state index contributed by atoms with van der Waals surface area (Å²) in [6.07, 6.45) is 1.95. The zero-order chi connectivity index (χ0) is 16.1. The summed E-state index contributed by atoms with van der Waals surface area (Å²) in [5, 5.41) is 15.0. The molecule has 3 rings (SSSR count). The lowest BCUT2D eigenvalue weighted by Gasteiger charge is -2.22. The molecule has 0 fully saturated rings. The minimum atomic E-state index is 0.604. The number of nitrogens with one attached hydrogen (secondary N) is 2. The molecule has 0 radical (unpaired) electrons. The number of nitriles is 1. The van der Waals surface area contributed by atoms with Gasteiger partial charge in [-0.05, 0) is 28.8 Å². The Kier molecular flexibility index (Phi) is 4.44. The molecule has 116 valence electrons. The molecular weight excluding hydrogens is 286 g/mol. The molecule has 0 aliphatic carbocycles. The van der Waals surface area contributed by atoms with Crippen LogP contribution in [0.4, 0.5) is 5.69 Å². The first kappa shape index (κ1) is 14.9. The summed E-state index contributed by atoms with van der Waals surface area (Å²) in [6.45, 7) is 2.31. The van der Waals surface area contributed by atoms with Gasteiger partial charge in [-0.2, -0.15) is 5.26 Å². The van der Waals surface area contributed by atoms with Crippen molar-refractivity contribution >= 4 is 11.6 Å². The molecule has 2 aromatic rings. The standard InChI is InChI=1S/C18H19N5/c1-20-18(22-13-19)23-10-9-21-17-8-7-15(11-16(17)12-23)14-5-3-2-4-6-14/h2-8,11,21H,9-10,12H2,1H3,(H,20,22). The molecule has 0 saturated carbocycles. The maximum Gasteiger partial charge on any atom is 0.207 e. The third kappa shape index (κ3) is 3.27. The summed E-state index contributed by atoms with van der Waals surface area (Å²) < 4.78 is 0. The third-order valence-electron chi connectivity index (χ3n) is 3.95. The minimum Gasteiger partial charge on any atom is -0.383 e. The van der Waals surface area contributed by atoms with Gasteiger partial charge in [-0.3, -0.25) is 10.3 Å². The van der Waals surface area contributed by atoms with Gasteiger partial charge in [0.1, 0.15) is 0 Å². The summed E-state index contributed by atoms with van der Waals surface area (Å²) in [5.74, 6) is 0.604. The summed E-state index contributed by atoms with van der Waals surface area (Å²) in [4.78, 5) is 6.26. The van der Waals surface area contributed by atoms with Crippen LogP contribution < -0.4 is 10.6 Å². The Morgan fingerprint density at radius 3 is 2.78 bits per heavy atom. The van der Waals surface area contributed by atoms with Crippen LogP contribution in [-0.4, -0.2) is 31.0 Å². The van der Waals surface area contributed by atoms with E-state index in [0.717, 1.165) is 18.8 Å². The van der Waals surface area contributed by atoms with Crippen LogP contribution in [-0.2, 0) is 6.54 Å². The van der Waals surface area contributed by atoms with Crippen LogP contribution in [0.2, 0.25) is 0 Å². The van der Waals surface area contributed by atoms with Gasteiger partial charge in [-0.25, -0.2) is 0 Å². The van der Waals surface area contributed by atoms with Crippen molar-refractivity contribution in [3.05, 3.63) is 54.1 Å². The number of aliphatic imine (C=N–C) groups is 1. The number of rotatable bonds is 1. The fraction of sp³-hybridized carbons (Fsp3) is 0.222. The van der Waals surface area contributed by atoms with Crippen molar-refractivity contribution in [2.45, 2.75) is 6.54 Å². The molecule has 0 saturated heterocycles. The summed E-state index contributed by atoms with van der Waals surface area (Å²) in [6, 6.07) is 16.8. The van der Waals surface area contributed by atoms with Crippen molar-refractivity contribution < 1.29 is 0 Å². The molecule has 0 aromatic heterocycles. The highest BCUT2D eigenvalue weighted by Crippen LogP contribution is 2.27. The van der Waals surface area contributed by atoms with Crippen molar-refractivity contribution in [1.29, 1.82) is 5.26 Å². The van der Waals surface area contributed by atoms with Crippen molar-refractivity contribution in [3.8, 4) is 17.3 Å². The van der Waals surface area contributed by atoms with Crippen LogP contribution in [0.15, 0.2) is 53.5 Å². The second-order valence-corrected chi connectivity index (χ2v) is 5.37. The number of hydrogen-bond donors (Lipinski definition) is 2. The predicted molar refractivity (Wildman–Crippen MR) is 92.9 cm³/mol. The molecular formula is C18H19N5. The first-order valence-electron chi connectivity index (χ1n) is 7.61. The normalized spacial score (nSPS) is 14.3. The number of hydrogen-bond acceptors (Lipinski definition) is 3. The number of anilines is 1. The largest absolute Gasteiger partial charge is 0.383 e.